The highest BCUT2D eigenvalue weighted by molar-refractivity contribution is 6.30. The topological polar surface area (TPSA) is 67.4 Å². The van der Waals surface area contributed by atoms with Gasteiger partial charge in [-0.15, -0.1) is 0 Å². The Morgan fingerprint density at radius 2 is 1.42 bits per heavy atom. The van der Waals surface area contributed by atoms with Gasteiger partial charge in [0.05, 0.1) is 5.56 Å². The molecule has 5 nitrogen and oxygen atoms in total. The molecular weight excluding hydrogens is 352 g/mol. The third-order valence-electron chi connectivity index (χ3n) is 3.41. The minimum absolute atomic E-state index is 0.322. The summed E-state index contributed by atoms with van der Waals surface area (Å²) in [5.74, 6) is -0.185. The standard InChI is InChI=1S/C20H15ClN2O3/c21-15-11-9-14(10-12-15)19(24)26-18-8-4-7-17(13-18)23-20(25)22-16-5-2-1-3-6-16/h1-13H,(H2,22,23,25). The van der Waals surface area contributed by atoms with Crippen molar-refractivity contribution in [1.82, 2.24) is 0 Å². The van der Waals surface area contributed by atoms with E-state index in [1.165, 1.54) is 0 Å². The van der Waals surface area contributed by atoms with Crippen molar-refractivity contribution < 1.29 is 14.3 Å². The first-order valence-corrected chi connectivity index (χ1v) is 8.19. The Hall–Kier alpha value is -3.31. The highest BCUT2D eigenvalue weighted by Crippen LogP contribution is 2.19. The number of hydrogen-bond donors (Lipinski definition) is 2. The average molecular weight is 367 g/mol. The molecule has 0 atom stereocenters. The fourth-order valence-electron chi connectivity index (χ4n) is 2.20. The van der Waals surface area contributed by atoms with Crippen molar-refractivity contribution in [3.8, 4) is 5.75 Å². The lowest BCUT2D eigenvalue weighted by Gasteiger charge is -2.09. The summed E-state index contributed by atoms with van der Waals surface area (Å²) in [7, 11) is 0. The lowest BCUT2D eigenvalue weighted by atomic mass is 10.2. The van der Waals surface area contributed by atoms with Gasteiger partial charge in [-0.05, 0) is 48.5 Å². The highest BCUT2D eigenvalue weighted by Gasteiger charge is 2.09. The zero-order valence-electron chi connectivity index (χ0n) is 13.6. The summed E-state index contributed by atoms with van der Waals surface area (Å²) in [5, 5.41) is 5.94. The zero-order chi connectivity index (χ0) is 18.4. The van der Waals surface area contributed by atoms with Crippen LogP contribution in [0, 0.1) is 0 Å². The second-order valence-electron chi connectivity index (χ2n) is 5.37. The number of carbonyl (C=O) groups excluding carboxylic acids is 2. The molecule has 0 radical (unpaired) electrons. The molecule has 0 spiro atoms. The maximum atomic E-state index is 12.1. The second-order valence-corrected chi connectivity index (χ2v) is 5.81. The summed E-state index contributed by atoms with van der Waals surface area (Å²) in [6.07, 6.45) is 0. The Balaban J connectivity index is 1.63. The fraction of sp³-hybridized carbons (Fsp3) is 0. The monoisotopic (exact) mass is 366 g/mol. The van der Waals surface area contributed by atoms with Gasteiger partial charge in [-0.2, -0.15) is 0 Å². The molecule has 0 heterocycles. The Labute approximate surface area is 155 Å². The van der Waals surface area contributed by atoms with E-state index in [1.807, 2.05) is 18.2 Å². The fourth-order valence-corrected chi connectivity index (χ4v) is 2.33. The molecule has 130 valence electrons. The molecule has 0 aromatic heterocycles. The first-order chi connectivity index (χ1) is 12.6. The maximum absolute atomic E-state index is 12.1. The maximum Gasteiger partial charge on any atom is 0.343 e. The summed E-state index contributed by atoms with van der Waals surface area (Å²) < 4.78 is 5.33. The molecule has 2 amide bonds. The van der Waals surface area contributed by atoms with Gasteiger partial charge in [0, 0.05) is 22.5 Å². The molecule has 0 bridgehead atoms. The van der Waals surface area contributed by atoms with E-state index in [0.29, 0.717) is 27.7 Å². The van der Waals surface area contributed by atoms with E-state index in [4.69, 9.17) is 16.3 Å². The normalized spacial score (nSPS) is 10.0. The first-order valence-electron chi connectivity index (χ1n) is 7.81. The molecule has 26 heavy (non-hydrogen) atoms. The molecule has 0 fully saturated rings. The van der Waals surface area contributed by atoms with Crippen molar-refractivity contribution in [2.45, 2.75) is 0 Å². The van der Waals surface area contributed by atoms with Gasteiger partial charge in [-0.3, -0.25) is 0 Å². The summed E-state index contributed by atoms with van der Waals surface area (Å²) >= 11 is 5.81. The van der Waals surface area contributed by atoms with Gasteiger partial charge in [-0.25, -0.2) is 9.59 Å². The van der Waals surface area contributed by atoms with Gasteiger partial charge in [0.25, 0.3) is 0 Å². The van der Waals surface area contributed by atoms with Crippen molar-refractivity contribution in [3.05, 3.63) is 89.4 Å². The van der Waals surface area contributed by atoms with Crippen LogP contribution in [0.25, 0.3) is 0 Å². The molecule has 0 unspecified atom stereocenters. The lowest BCUT2D eigenvalue weighted by molar-refractivity contribution is 0.0735. The zero-order valence-corrected chi connectivity index (χ0v) is 14.4. The molecule has 6 heteroatoms. The minimum Gasteiger partial charge on any atom is -0.423 e. The number of ether oxygens (including phenoxy) is 1. The number of urea groups is 1. The van der Waals surface area contributed by atoms with Crippen molar-refractivity contribution in [1.29, 1.82) is 0 Å². The third-order valence-corrected chi connectivity index (χ3v) is 3.67. The van der Waals surface area contributed by atoms with Crippen LogP contribution in [0.5, 0.6) is 5.75 Å². The van der Waals surface area contributed by atoms with E-state index in [1.54, 1.807) is 60.7 Å². The number of esters is 1. The average Bonchev–Trinajstić information content (AvgIpc) is 2.63. The van der Waals surface area contributed by atoms with Gasteiger partial charge < -0.3 is 15.4 Å². The largest absolute Gasteiger partial charge is 0.423 e. The van der Waals surface area contributed by atoms with Gasteiger partial charge in [0.1, 0.15) is 5.75 Å². The van der Waals surface area contributed by atoms with Crippen LogP contribution in [0.2, 0.25) is 5.02 Å². The predicted molar refractivity (Wildman–Crippen MR) is 102 cm³/mol. The molecule has 2 N–H and O–H groups in total. The molecule has 3 rings (SSSR count). The van der Waals surface area contributed by atoms with Crippen molar-refractivity contribution in [3.63, 3.8) is 0 Å². The number of nitrogens with one attached hydrogen (secondary N) is 2. The van der Waals surface area contributed by atoms with E-state index in [9.17, 15) is 9.59 Å². The van der Waals surface area contributed by atoms with Crippen LogP contribution in [0.3, 0.4) is 0 Å². The SMILES string of the molecule is O=C(Nc1ccccc1)Nc1cccc(OC(=O)c2ccc(Cl)cc2)c1. The molecule has 0 aliphatic heterocycles. The van der Waals surface area contributed by atoms with Crippen LogP contribution in [0.4, 0.5) is 16.2 Å². The molecule has 0 aliphatic carbocycles. The first kappa shape index (κ1) is 17.5. The molecule has 0 saturated heterocycles. The molecular formula is C20H15ClN2O3. The molecule has 3 aromatic rings. The predicted octanol–water partition coefficient (Wildman–Crippen LogP) is 5.20. The highest BCUT2D eigenvalue weighted by atomic mass is 35.5. The summed E-state index contributed by atoms with van der Waals surface area (Å²) in [4.78, 5) is 24.2. The van der Waals surface area contributed by atoms with Crippen molar-refractivity contribution in [2.24, 2.45) is 0 Å². The van der Waals surface area contributed by atoms with E-state index in [0.717, 1.165) is 0 Å². The van der Waals surface area contributed by atoms with Gasteiger partial charge in [0.15, 0.2) is 0 Å². The van der Waals surface area contributed by atoms with Crippen LogP contribution in [-0.4, -0.2) is 12.0 Å². The number of anilines is 2. The third kappa shape index (κ3) is 4.84. The van der Waals surface area contributed by atoms with E-state index >= 15 is 0 Å². The molecule has 0 aliphatic rings. The Kier molecular flexibility index (Phi) is 5.51. The summed E-state index contributed by atoms with van der Waals surface area (Å²) in [6, 6.07) is 21.7. The number of halogens is 1. The quantitative estimate of drug-likeness (QED) is 0.492. The number of hydrogen-bond acceptors (Lipinski definition) is 3. The second kappa shape index (κ2) is 8.18. The van der Waals surface area contributed by atoms with Gasteiger partial charge >= 0.3 is 12.0 Å². The van der Waals surface area contributed by atoms with Crippen LogP contribution in [0.1, 0.15) is 10.4 Å². The van der Waals surface area contributed by atoms with E-state index in [-0.39, 0.29) is 0 Å². The van der Waals surface area contributed by atoms with Crippen molar-refractivity contribution in [2.75, 3.05) is 10.6 Å². The number of carbonyl (C=O) groups is 2. The Bertz CT molecular complexity index is 912. The molecule has 0 saturated carbocycles. The van der Waals surface area contributed by atoms with E-state index < -0.39 is 12.0 Å². The lowest BCUT2D eigenvalue weighted by Crippen LogP contribution is -2.19. The number of amides is 2. The number of para-hydroxylation sites is 1. The van der Waals surface area contributed by atoms with Crippen LogP contribution < -0.4 is 15.4 Å². The Morgan fingerprint density at radius 3 is 2.15 bits per heavy atom. The Morgan fingerprint density at radius 1 is 0.769 bits per heavy atom. The van der Waals surface area contributed by atoms with Crippen LogP contribution in [-0.2, 0) is 0 Å². The summed E-state index contributed by atoms with van der Waals surface area (Å²) in [6.45, 7) is 0. The van der Waals surface area contributed by atoms with Gasteiger partial charge in [-0.1, -0.05) is 35.9 Å². The van der Waals surface area contributed by atoms with Crippen LogP contribution >= 0.6 is 11.6 Å². The summed E-state index contributed by atoms with van der Waals surface area (Å²) in [5.41, 5.74) is 1.56. The molecule has 3 aromatic carbocycles. The van der Waals surface area contributed by atoms with Crippen LogP contribution in [0.15, 0.2) is 78.9 Å². The van der Waals surface area contributed by atoms with Gasteiger partial charge in [0.2, 0.25) is 0 Å². The minimum atomic E-state index is -0.507. The number of benzene rings is 3. The number of rotatable bonds is 4. The van der Waals surface area contributed by atoms with E-state index in [2.05, 4.69) is 10.6 Å². The van der Waals surface area contributed by atoms with Crippen molar-refractivity contribution >= 4 is 35.0 Å². The smallest absolute Gasteiger partial charge is 0.343 e.